The molecule has 1 aliphatic carbocycles. The van der Waals surface area contributed by atoms with Crippen molar-refractivity contribution in [1.29, 1.82) is 0 Å². The molecule has 1 saturated carbocycles. The molecule has 1 amide bonds. The van der Waals surface area contributed by atoms with Crippen molar-refractivity contribution in [3.63, 3.8) is 0 Å². The van der Waals surface area contributed by atoms with Crippen molar-refractivity contribution in [1.82, 2.24) is 4.90 Å². The molecule has 19 heavy (non-hydrogen) atoms. The number of hydrogen-bond acceptors (Lipinski definition) is 2. The predicted octanol–water partition coefficient (Wildman–Crippen LogP) is 2.73. The van der Waals surface area contributed by atoms with E-state index in [1.807, 2.05) is 6.92 Å². The second kappa shape index (κ2) is 5.21. The van der Waals surface area contributed by atoms with Crippen LogP contribution < -0.4 is 0 Å². The third kappa shape index (κ3) is 2.89. The first-order valence-electron chi connectivity index (χ1n) is 6.23. The number of nitrogens with zero attached hydrogens (tertiary/aromatic N) is 1. The summed E-state index contributed by atoms with van der Waals surface area (Å²) >= 11 is 5.92. The molecule has 1 aromatic rings. The molecule has 0 aliphatic heterocycles. The first-order valence-corrected chi connectivity index (χ1v) is 6.61. The van der Waals surface area contributed by atoms with Crippen LogP contribution >= 0.6 is 11.6 Å². The van der Waals surface area contributed by atoms with Crippen molar-refractivity contribution in [2.75, 3.05) is 0 Å². The smallest absolute Gasteiger partial charge is 0.326 e. The Morgan fingerprint density at radius 1 is 1.42 bits per heavy atom. The number of amides is 1. The lowest BCUT2D eigenvalue weighted by atomic mass is 10.1. The number of halogens is 1. The lowest BCUT2D eigenvalue weighted by Crippen LogP contribution is -2.44. The van der Waals surface area contributed by atoms with E-state index in [1.54, 1.807) is 25.1 Å². The summed E-state index contributed by atoms with van der Waals surface area (Å²) in [5.74, 6) is -1.24. The van der Waals surface area contributed by atoms with E-state index in [0.29, 0.717) is 10.6 Å². The third-order valence-electron chi connectivity index (χ3n) is 3.38. The van der Waals surface area contributed by atoms with Crippen molar-refractivity contribution in [2.24, 2.45) is 0 Å². The molecule has 5 heteroatoms. The summed E-state index contributed by atoms with van der Waals surface area (Å²) in [6.07, 6.45) is 1.73. The van der Waals surface area contributed by atoms with Gasteiger partial charge in [0.15, 0.2) is 0 Å². The first kappa shape index (κ1) is 13.9. The highest BCUT2D eigenvalue weighted by atomic mass is 35.5. The van der Waals surface area contributed by atoms with Gasteiger partial charge in [0.1, 0.15) is 6.04 Å². The predicted molar refractivity (Wildman–Crippen MR) is 72.5 cm³/mol. The zero-order valence-corrected chi connectivity index (χ0v) is 11.6. The molecular weight excluding hydrogens is 266 g/mol. The minimum atomic E-state index is -0.986. The Morgan fingerprint density at radius 3 is 2.58 bits per heavy atom. The summed E-state index contributed by atoms with van der Waals surface area (Å²) in [6.45, 7) is 3.36. The fraction of sp³-hybridized carbons (Fsp3) is 0.429. The molecule has 0 saturated heterocycles. The molecule has 1 aromatic carbocycles. The number of carbonyl (C=O) groups excluding carboxylic acids is 1. The molecule has 4 nitrogen and oxygen atoms in total. The standard InChI is InChI=1S/C14H16ClNO3/c1-8-3-4-10(15)7-12(8)13(17)16(11-5-6-11)9(2)14(18)19/h3-4,7,9,11H,5-6H2,1-2H3,(H,18,19). The van der Waals surface area contributed by atoms with Gasteiger partial charge in [0, 0.05) is 16.6 Å². The van der Waals surface area contributed by atoms with Crippen molar-refractivity contribution in [2.45, 2.75) is 38.8 Å². The van der Waals surface area contributed by atoms with Gasteiger partial charge in [-0.05, 0) is 44.4 Å². The lowest BCUT2D eigenvalue weighted by Gasteiger charge is -2.27. The van der Waals surface area contributed by atoms with Gasteiger partial charge in [-0.1, -0.05) is 17.7 Å². The Hall–Kier alpha value is -1.55. The highest BCUT2D eigenvalue weighted by molar-refractivity contribution is 6.31. The summed E-state index contributed by atoms with van der Waals surface area (Å²) in [5, 5.41) is 9.61. The number of carboxylic acids is 1. The highest BCUT2D eigenvalue weighted by Gasteiger charge is 2.39. The molecular formula is C14H16ClNO3. The SMILES string of the molecule is Cc1ccc(Cl)cc1C(=O)N(C1CC1)C(C)C(=O)O. The Balaban J connectivity index is 2.34. The molecule has 1 atom stereocenters. The molecule has 0 radical (unpaired) electrons. The van der Waals surface area contributed by atoms with E-state index < -0.39 is 12.0 Å². The molecule has 0 bridgehead atoms. The Morgan fingerprint density at radius 2 is 2.05 bits per heavy atom. The summed E-state index contributed by atoms with van der Waals surface area (Å²) in [4.78, 5) is 25.1. The van der Waals surface area contributed by atoms with Crippen LogP contribution in [0.5, 0.6) is 0 Å². The van der Waals surface area contributed by atoms with E-state index in [2.05, 4.69) is 0 Å². The molecule has 1 unspecified atom stereocenters. The summed E-state index contributed by atoms with van der Waals surface area (Å²) < 4.78 is 0. The van der Waals surface area contributed by atoms with Crippen LogP contribution in [0.25, 0.3) is 0 Å². The van der Waals surface area contributed by atoms with Gasteiger partial charge in [0.25, 0.3) is 5.91 Å². The molecule has 1 aliphatic rings. The molecule has 1 fully saturated rings. The fourth-order valence-electron chi connectivity index (χ4n) is 2.09. The highest BCUT2D eigenvalue weighted by Crippen LogP contribution is 2.31. The van der Waals surface area contributed by atoms with Gasteiger partial charge in [-0.25, -0.2) is 4.79 Å². The maximum Gasteiger partial charge on any atom is 0.326 e. The molecule has 0 heterocycles. The van der Waals surface area contributed by atoms with Crippen molar-refractivity contribution < 1.29 is 14.7 Å². The van der Waals surface area contributed by atoms with E-state index in [9.17, 15) is 9.59 Å². The quantitative estimate of drug-likeness (QED) is 0.923. The number of benzene rings is 1. The van der Waals surface area contributed by atoms with E-state index in [4.69, 9.17) is 16.7 Å². The topological polar surface area (TPSA) is 57.6 Å². The largest absolute Gasteiger partial charge is 0.480 e. The summed E-state index contributed by atoms with van der Waals surface area (Å²) in [5.41, 5.74) is 1.28. The summed E-state index contributed by atoms with van der Waals surface area (Å²) in [6, 6.07) is 4.31. The summed E-state index contributed by atoms with van der Waals surface area (Å²) in [7, 11) is 0. The maximum atomic E-state index is 12.5. The van der Waals surface area contributed by atoms with Gasteiger partial charge in [0.2, 0.25) is 0 Å². The number of hydrogen-bond donors (Lipinski definition) is 1. The number of carboxylic acid groups (broad SMARTS) is 1. The zero-order valence-electron chi connectivity index (χ0n) is 10.9. The van der Waals surface area contributed by atoms with Crippen LogP contribution in [0.3, 0.4) is 0 Å². The van der Waals surface area contributed by atoms with Gasteiger partial charge in [-0.15, -0.1) is 0 Å². The van der Waals surface area contributed by atoms with Gasteiger partial charge in [-0.2, -0.15) is 0 Å². The van der Waals surface area contributed by atoms with E-state index in [1.165, 1.54) is 4.90 Å². The minimum absolute atomic E-state index is 0.0389. The second-order valence-electron chi connectivity index (χ2n) is 4.92. The average Bonchev–Trinajstić information content (AvgIpc) is 3.16. The van der Waals surface area contributed by atoms with Crippen molar-refractivity contribution >= 4 is 23.5 Å². The van der Waals surface area contributed by atoms with Crippen LogP contribution in [0, 0.1) is 6.92 Å². The van der Waals surface area contributed by atoms with Crippen LogP contribution in [0.15, 0.2) is 18.2 Å². The number of aliphatic carboxylic acids is 1. The molecule has 0 spiro atoms. The van der Waals surface area contributed by atoms with Crippen LogP contribution in [0.1, 0.15) is 35.7 Å². The number of carbonyl (C=O) groups is 2. The minimum Gasteiger partial charge on any atom is -0.480 e. The van der Waals surface area contributed by atoms with Crippen LogP contribution in [-0.4, -0.2) is 34.0 Å². The molecule has 102 valence electrons. The molecule has 1 N–H and O–H groups in total. The second-order valence-corrected chi connectivity index (χ2v) is 5.35. The van der Waals surface area contributed by atoms with Gasteiger partial charge < -0.3 is 10.0 Å². The van der Waals surface area contributed by atoms with Gasteiger partial charge in [0.05, 0.1) is 0 Å². The van der Waals surface area contributed by atoms with Crippen LogP contribution in [0.2, 0.25) is 5.02 Å². The molecule has 0 aromatic heterocycles. The van der Waals surface area contributed by atoms with Crippen molar-refractivity contribution in [3.8, 4) is 0 Å². The fourth-order valence-corrected chi connectivity index (χ4v) is 2.27. The zero-order chi connectivity index (χ0) is 14.2. The van der Waals surface area contributed by atoms with Gasteiger partial charge in [-0.3, -0.25) is 4.79 Å². The van der Waals surface area contributed by atoms with E-state index in [-0.39, 0.29) is 11.9 Å². The average molecular weight is 282 g/mol. The lowest BCUT2D eigenvalue weighted by molar-refractivity contribution is -0.141. The van der Waals surface area contributed by atoms with Gasteiger partial charge >= 0.3 is 5.97 Å². The van der Waals surface area contributed by atoms with E-state index in [0.717, 1.165) is 18.4 Å². The maximum absolute atomic E-state index is 12.5. The van der Waals surface area contributed by atoms with Crippen molar-refractivity contribution in [3.05, 3.63) is 34.3 Å². The normalized spacial score (nSPS) is 15.9. The Labute approximate surface area is 117 Å². The van der Waals surface area contributed by atoms with Crippen LogP contribution in [0.4, 0.5) is 0 Å². The van der Waals surface area contributed by atoms with Crippen LogP contribution in [-0.2, 0) is 4.79 Å². The Kier molecular flexibility index (Phi) is 3.80. The first-order chi connectivity index (χ1) is 8.91. The van der Waals surface area contributed by atoms with E-state index >= 15 is 0 Å². The number of aryl methyl sites for hydroxylation is 1. The number of rotatable bonds is 4. The monoisotopic (exact) mass is 281 g/mol. The molecule has 2 rings (SSSR count). The third-order valence-corrected chi connectivity index (χ3v) is 3.61. The Bertz CT molecular complexity index is 525.